The summed E-state index contributed by atoms with van der Waals surface area (Å²) >= 11 is 8.93. The van der Waals surface area contributed by atoms with E-state index in [9.17, 15) is 8.42 Å². The fourth-order valence-corrected chi connectivity index (χ4v) is 5.61. The van der Waals surface area contributed by atoms with Gasteiger partial charge >= 0.3 is 0 Å². The second-order valence-corrected chi connectivity index (χ2v) is 9.90. The third kappa shape index (κ3) is 5.07. The van der Waals surface area contributed by atoms with E-state index < -0.39 is 9.84 Å². The maximum atomic E-state index is 12.3. The Bertz CT molecular complexity index is 907. The second-order valence-electron chi connectivity index (χ2n) is 5.26. The van der Waals surface area contributed by atoms with Gasteiger partial charge in [-0.05, 0) is 42.1 Å². The molecule has 0 fully saturated rings. The lowest BCUT2D eigenvalue weighted by Crippen LogP contribution is -2.09. The van der Waals surface area contributed by atoms with E-state index in [1.165, 1.54) is 28.8 Å². The summed E-state index contributed by atoms with van der Waals surface area (Å²) in [5, 5.41) is 11.3. The van der Waals surface area contributed by atoms with Gasteiger partial charge in [0.25, 0.3) is 0 Å². The van der Waals surface area contributed by atoms with Crippen LogP contribution in [0.25, 0.3) is 0 Å². The molecule has 2 heterocycles. The molecule has 0 saturated carbocycles. The summed E-state index contributed by atoms with van der Waals surface area (Å²) in [6, 6.07) is 10.4. The predicted octanol–water partition coefficient (Wildman–Crippen LogP) is 3.80. The molecule has 0 amide bonds. The number of hydrogen-bond donors (Lipinski definition) is 0. The fourth-order valence-electron chi connectivity index (χ4n) is 2.20. The smallest absolute Gasteiger partial charge is 0.191 e. The monoisotopic (exact) mass is 413 g/mol. The van der Waals surface area contributed by atoms with Gasteiger partial charge in [0.2, 0.25) is 0 Å². The largest absolute Gasteiger partial charge is 0.308 e. The molecule has 0 spiro atoms. The standard InChI is InChI=1S/C16H16ClN3O2S3/c17-13-3-5-15(6-4-13)25(21,22)11-10-24-16-19-18-12-20(16)8-7-14-2-1-9-23-14/h1-6,9,12H,7-8,10-11H2. The molecule has 132 valence electrons. The van der Waals surface area contributed by atoms with Gasteiger partial charge in [0.05, 0.1) is 10.6 Å². The molecular weight excluding hydrogens is 398 g/mol. The molecule has 0 radical (unpaired) electrons. The molecule has 0 N–H and O–H groups in total. The molecule has 0 bridgehead atoms. The quantitative estimate of drug-likeness (QED) is 0.525. The highest BCUT2D eigenvalue weighted by Gasteiger charge is 2.15. The van der Waals surface area contributed by atoms with Gasteiger partial charge in [-0.15, -0.1) is 21.5 Å². The second kappa shape index (κ2) is 8.35. The number of hydrogen-bond acceptors (Lipinski definition) is 6. The molecular formula is C16H16ClN3O2S3. The first kappa shape index (κ1) is 18.4. The first-order valence-electron chi connectivity index (χ1n) is 7.56. The molecule has 0 atom stereocenters. The van der Waals surface area contributed by atoms with Crippen molar-refractivity contribution in [2.45, 2.75) is 23.0 Å². The van der Waals surface area contributed by atoms with Crippen LogP contribution in [0, 0.1) is 0 Å². The van der Waals surface area contributed by atoms with Crippen molar-refractivity contribution < 1.29 is 8.42 Å². The number of aromatic nitrogens is 3. The van der Waals surface area contributed by atoms with Crippen molar-refractivity contribution in [3.63, 3.8) is 0 Å². The molecule has 5 nitrogen and oxygen atoms in total. The zero-order valence-corrected chi connectivity index (χ0v) is 16.4. The van der Waals surface area contributed by atoms with Gasteiger partial charge in [0.1, 0.15) is 6.33 Å². The van der Waals surface area contributed by atoms with Crippen LogP contribution in [0.4, 0.5) is 0 Å². The summed E-state index contributed by atoms with van der Waals surface area (Å²) < 4.78 is 26.6. The van der Waals surface area contributed by atoms with E-state index >= 15 is 0 Å². The molecule has 0 aliphatic carbocycles. The van der Waals surface area contributed by atoms with Crippen LogP contribution in [0.3, 0.4) is 0 Å². The normalized spacial score (nSPS) is 11.7. The third-order valence-corrected chi connectivity index (χ3v) is 7.68. The molecule has 0 aliphatic heterocycles. The molecule has 25 heavy (non-hydrogen) atoms. The van der Waals surface area contributed by atoms with Crippen LogP contribution in [0.2, 0.25) is 5.02 Å². The Hall–Kier alpha value is -1.35. The number of thiophene rings is 1. The molecule has 0 saturated heterocycles. The SMILES string of the molecule is O=S(=O)(CCSc1nncn1CCc1cccs1)c1ccc(Cl)cc1. The van der Waals surface area contributed by atoms with Gasteiger partial charge in [-0.25, -0.2) is 8.42 Å². The molecule has 2 aromatic heterocycles. The van der Waals surface area contributed by atoms with Crippen LogP contribution < -0.4 is 0 Å². The molecule has 9 heteroatoms. The molecule has 3 rings (SSSR count). The van der Waals surface area contributed by atoms with E-state index in [-0.39, 0.29) is 10.6 Å². The lowest BCUT2D eigenvalue weighted by Gasteiger charge is -2.06. The minimum Gasteiger partial charge on any atom is -0.308 e. The number of rotatable bonds is 8. The maximum absolute atomic E-state index is 12.3. The number of halogens is 1. The number of benzene rings is 1. The summed E-state index contributed by atoms with van der Waals surface area (Å²) in [5.74, 6) is 0.458. The average molecular weight is 414 g/mol. The summed E-state index contributed by atoms with van der Waals surface area (Å²) in [7, 11) is -3.33. The molecule has 1 aromatic carbocycles. The Morgan fingerprint density at radius 3 is 2.72 bits per heavy atom. The number of sulfone groups is 1. The Morgan fingerprint density at radius 2 is 2.00 bits per heavy atom. The highest BCUT2D eigenvalue weighted by Crippen LogP contribution is 2.20. The zero-order valence-electron chi connectivity index (χ0n) is 13.2. The van der Waals surface area contributed by atoms with Gasteiger partial charge < -0.3 is 4.57 Å². The highest BCUT2D eigenvalue weighted by atomic mass is 35.5. The van der Waals surface area contributed by atoms with Gasteiger partial charge in [-0.2, -0.15) is 0 Å². The van der Waals surface area contributed by atoms with Crippen molar-refractivity contribution in [1.82, 2.24) is 14.8 Å². The zero-order chi connectivity index (χ0) is 17.7. The lowest BCUT2D eigenvalue weighted by atomic mass is 10.3. The first-order valence-corrected chi connectivity index (χ1v) is 11.5. The van der Waals surface area contributed by atoms with Crippen LogP contribution in [0.5, 0.6) is 0 Å². The fraction of sp³-hybridized carbons (Fsp3) is 0.250. The van der Waals surface area contributed by atoms with Gasteiger partial charge in [0.15, 0.2) is 15.0 Å². The van der Waals surface area contributed by atoms with Crippen LogP contribution >= 0.6 is 34.7 Å². The van der Waals surface area contributed by atoms with E-state index in [1.54, 1.807) is 29.8 Å². The topological polar surface area (TPSA) is 64.8 Å². The van der Waals surface area contributed by atoms with E-state index in [1.807, 2.05) is 10.6 Å². The van der Waals surface area contributed by atoms with Crippen molar-refractivity contribution in [2.75, 3.05) is 11.5 Å². The predicted molar refractivity (Wildman–Crippen MR) is 102 cm³/mol. The number of aryl methyl sites for hydroxylation is 2. The van der Waals surface area contributed by atoms with Crippen molar-refractivity contribution in [3.8, 4) is 0 Å². The average Bonchev–Trinajstić information content (AvgIpc) is 3.24. The van der Waals surface area contributed by atoms with E-state index in [0.29, 0.717) is 10.8 Å². The van der Waals surface area contributed by atoms with Crippen molar-refractivity contribution in [2.24, 2.45) is 0 Å². The maximum Gasteiger partial charge on any atom is 0.191 e. The van der Waals surface area contributed by atoms with Gasteiger partial charge in [-0.3, -0.25) is 0 Å². The third-order valence-electron chi connectivity index (χ3n) is 3.52. The first-order chi connectivity index (χ1) is 12.0. The summed E-state index contributed by atoms with van der Waals surface area (Å²) in [6.45, 7) is 0.778. The Morgan fingerprint density at radius 1 is 1.20 bits per heavy atom. The number of nitrogens with zero attached hydrogens (tertiary/aromatic N) is 3. The molecule has 0 unspecified atom stereocenters. The van der Waals surface area contributed by atoms with Gasteiger partial charge in [0, 0.05) is 22.2 Å². The van der Waals surface area contributed by atoms with Crippen LogP contribution in [-0.2, 0) is 22.8 Å². The van der Waals surface area contributed by atoms with Crippen LogP contribution in [0.1, 0.15) is 4.88 Å². The molecule has 3 aromatic rings. The number of thioether (sulfide) groups is 1. The Kier molecular flexibility index (Phi) is 6.16. The van der Waals surface area contributed by atoms with Crippen molar-refractivity contribution >= 4 is 44.5 Å². The van der Waals surface area contributed by atoms with Crippen LogP contribution in [0.15, 0.2) is 58.2 Å². The van der Waals surface area contributed by atoms with Gasteiger partial charge in [-0.1, -0.05) is 29.4 Å². The van der Waals surface area contributed by atoms with E-state index in [2.05, 4.69) is 21.6 Å². The Labute approximate surface area is 160 Å². The summed E-state index contributed by atoms with van der Waals surface area (Å²) in [4.78, 5) is 1.59. The van der Waals surface area contributed by atoms with E-state index in [4.69, 9.17) is 11.6 Å². The minimum absolute atomic E-state index is 0.0388. The highest BCUT2D eigenvalue weighted by molar-refractivity contribution is 8.00. The van der Waals surface area contributed by atoms with Crippen molar-refractivity contribution in [1.29, 1.82) is 0 Å². The van der Waals surface area contributed by atoms with E-state index in [0.717, 1.165) is 18.1 Å². The summed E-state index contributed by atoms with van der Waals surface area (Å²) in [6.07, 6.45) is 2.59. The summed E-state index contributed by atoms with van der Waals surface area (Å²) in [5.41, 5.74) is 0. The van der Waals surface area contributed by atoms with Crippen LogP contribution in [-0.4, -0.2) is 34.7 Å². The van der Waals surface area contributed by atoms with Crippen molar-refractivity contribution in [3.05, 3.63) is 58.0 Å². The molecule has 0 aliphatic rings. The lowest BCUT2D eigenvalue weighted by molar-refractivity contribution is 0.597. The Balaban J connectivity index is 1.55. The minimum atomic E-state index is -3.33.